The van der Waals surface area contributed by atoms with Crippen molar-refractivity contribution in [3.8, 4) is 0 Å². The van der Waals surface area contributed by atoms with Crippen LogP contribution in [0.15, 0.2) is 28.7 Å². The Morgan fingerprint density at radius 3 is 2.76 bits per heavy atom. The zero-order chi connectivity index (χ0) is 12.4. The molecule has 0 saturated carbocycles. The van der Waals surface area contributed by atoms with Gasteiger partial charge in [0, 0.05) is 5.39 Å². The first kappa shape index (κ1) is 12.1. The Morgan fingerprint density at radius 1 is 1.41 bits per heavy atom. The smallest absolute Gasteiger partial charge is 0.169 e. The fraction of sp³-hybridized carbons (Fsp3) is 0.429. The van der Waals surface area contributed by atoms with E-state index in [1.54, 1.807) is 6.07 Å². The molecule has 0 aliphatic carbocycles. The summed E-state index contributed by atoms with van der Waals surface area (Å²) in [6.07, 6.45) is 1.05. The summed E-state index contributed by atoms with van der Waals surface area (Å²) in [6, 6.07) is 7.05. The molecule has 1 aromatic carbocycles. The minimum Gasteiger partial charge on any atom is -0.456 e. The van der Waals surface area contributed by atoms with E-state index in [9.17, 15) is 4.39 Å². The van der Waals surface area contributed by atoms with E-state index in [0.717, 1.165) is 17.6 Å². The molecule has 2 atom stereocenters. The minimum atomic E-state index is -0.298. The summed E-state index contributed by atoms with van der Waals surface area (Å²) in [5, 5.41) is 4.06. The highest BCUT2D eigenvalue weighted by atomic mass is 19.1. The molecule has 0 radical (unpaired) electrons. The molecule has 2 unspecified atom stereocenters. The molecule has 2 rings (SSSR count). The molecule has 0 spiro atoms. The van der Waals surface area contributed by atoms with Crippen LogP contribution in [0.5, 0.6) is 0 Å². The standard InChI is InChI=1S/C14H18FNO/c1-4-9(2)13(16-3)12-8-10-6-5-7-11(15)14(10)17-12/h5-9,13,16H,4H2,1-3H3. The molecule has 3 heteroatoms. The van der Waals surface area contributed by atoms with Gasteiger partial charge in [0.15, 0.2) is 11.4 Å². The summed E-state index contributed by atoms with van der Waals surface area (Å²) in [5.41, 5.74) is 0.353. The molecule has 0 bridgehead atoms. The molecule has 1 N–H and O–H groups in total. The van der Waals surface area contributed by atoms with Gasteiger partial charge in [-0.1, -0.05) is 32.4 Å². The van der Waals surface area contributed by atoms with E-state index in [4.69, 9.17) is 4.42 Å². The van der Waals surface area contributed by atoms with Gasteiger partial charge < -0.3 is 9.73 Å². The van der Waals surface area contributed by atoms with Crippen molar-refractivity contribution < 1.29 is 8.81 Å². The average molecular weight is 235 g/mol. The van der Waals surface area contributed by atoms with Gasteiger partial charge in [-0.05, 0) is 25.1 Å². The summed E-state index contributed by atoms with van der Waals surface area (Å²) in [4.78, 5) is 0. The maximum Gasteiger partial charge on any atom is 0.169 e. The first-order valence-electron chi connectivity index (χ1n) is 6.02. The van der Waals surface area contributed by atoms with Gasteiger partial charge >= 0.3 is 0 Å². The number of halogens is 1. The normalized spacial score (nSPS) is 15.1. The maximum absolute atomic E-state index is 13.5. The van der Waals surface area contributed by atoms with Crippen molar-refractivity contribution in [3.63, 3.8) is 0 Å². The Hall–Kier alpha value is -1.35. The number of benzene rings is 1. The van der Waals surface area contributed by atoms with Crippen LogP contribution in [0.4, 0.5) is 4.39 Å². The molecule has 17 heavy (non-hydrogen) atoms. The fourth-order valence-corrected chi connectivity index (χ4v) is 2.14. The molecule has 1 aromatic heterocycles. The van der Waals surface area contributed by atoms with Crippen molar-refractivity contribution in [3.05, 3.63) is 35.8 Å². The molecule has 1 heterocycles. The molecule has 0 aliphatic heterocycles. The van der Waals surface area contributed by atoms with Gasteiger partial charge in [0.2, 0.25) is 0 Å². The van der Waals surface area contributed by atoms with Gasteiger partial charge in [-0.3, -0.25) is 0 Å². The number of hydrogen-bond donors (Lipinski definition) is 1. The highest BCUT2D eigenvalue weighted by molar-refractivity contribution is 5.78. The second-order valence-electron chi connectivity index (χ2n) is 4.46. The van der Waals surface area contributed by atoms with Crippen LogP contribution in [0.25, 0.3) is 11.0 Å². The van der Waals surface area contributed by atoms with Gasteiger partial charge in [-0.25, -0.2) is 4.39 Å². The number of fused-ring (bicyclic) bond motifs is 1. The predicted molar refractivity (Wildman–Crippen MR) is 67.4 cm³/mol. The highest BCUT2D eigenvalue weighted by Gasteiger charge is 2.20. The van der Waals surface area contributed by atoms with Crippen molar-refractivity contribution >= 4 is 11.0 Å². The number of hydrogen-bond acceptors (Lipinski definition) is 2. The second kappa shape index (κ2) is 4.88. The van der Waals surface area contributed by atoms with Crippen LogP contribution in [-0.2, 0) is 0 Å². The molecule has 0 aliphatic rings. The number of para-hydroxylation sites is 1. The van der Waals surface area contributed by atoms with Crippen LogP contribution in [0.1, 0.15) is 32.1 Å². The predicted octanol–water partition coefficient (Wildman–Crippen LogP) is 3.88. The Morgan fingerprint density at radius 2 is 2.18 bits per heavy atom. The lowest BCUT2D eigenvalue weighted by atomic mass is 9.97. The number of furan rings is 1. The molecule has 0 saturated heterocycles. The van der Waals surface area contributed by atoms with Gasteiger partial charge in [0.25, 0.3) is 0 Å². The SMILES string of the molecule is CCC(C)C(NC)c1cc2cccc(F)c2o1. The third-order valence-corrected chi connectivity index (χ3v) is 3.35. The van der Waals surface area contributed by atoms with Crippen molar-refractivity contribution in [2.75, 3.05) is 7.05 Å². The Kier molecular flexibility index (Phi) is 3.48. The van der Waals surface area contributed by atoms with Gasteiger partial charge in [-0.2, -0.15) is 0 Å². The Labute approximate surface area is 101 Å². The van der Waals surface area contributed by atoms with Crippen LogP contribution in [-0.4, -0.2) is 7.05 Å². The van der Waals surface area contributed by atoms with Crippen molar-refractivity contribution in [2.24, 2.45) is 5.92 Å². The van der Waals surface area contributed by atoms with Crippen LogP contribution in [0.3, 0.4) is 0 Å². The van der Waals surface area contributed by atoms with E-state index < -0.39 is 0 Å². The lowest BCUT2D eigenvalue weighted by molar-refractivity contribution is 0.342. The maximum atomic E-state index is 13.5. The lowest BCUT2D eigenvalue weighted by Gasteiger charge is -2.19. The summed E-state index contributed by atoms with van der Waals surface area (Å²) in [5.74, 6) is 0.957. The minimum absolute atomic E-state index is 0.131. The first-order valence-corrected chi connectivity index (χ1v) is 6.02. The zero-order valence-electron chi connectivity index (χ0n) is 10.5. The largest absolute Gasteiger partial charge is 0.456 e. The Bertz CT molecular complexity index is 506. The molecule has 2 nitrogen and oxygen atoms in total. The first-order chi connectivity index (χ1) is 8.17. The van der Waals surface area contributed by atoms with Crippen LogP contribution in [0.2, 0.25) is 0 Å². The monoisotopic (exact) mass is 235 g/mol. The molecular weight excluding hydrogens is 217 g/mol. The quantitative estimate of drug-likeness (QED) is 0.870. The molecule has 0 fully saturated rings. The fourth-order valence-electron chi connectivity index (χ4n) is 2.14. The van der Waals surface area contributed by atoms with Gasteiger partial charge in [0.05, 0.1) is 6.04 Å². The second-order valence-corrected chi connectivity index (χ2v) is 4.46. The van der Waals surface area contributed by atoms with Crippen molar-refractivity contribution in [1.82, 2.24) is 5.32 Å². The lowest BCUT2D eigenvalue weighted by Crippen LogP contribution is -2.22. The Balaban J connectivity index is 2.44. The third-order valence-electron chi connectivity index (χ3n) is 3.35. The summed E-state index contributed by atoms with van der Waals surface area (Å²) >= 11 is 0. The zero-order valence-corrected chi connectivity index (χ0v) is 10.5. The van der Waals surface area contributed by atoms with Gasteiger partial charge in [0.1, 0.15) is 5.76 Å². The van der Waals surface area contributed by atoms with E-state index in [0.29, 0.717) is 11.5 Å². The number of rotatable bonds is 4. The van der Waals surface area contributed by atoms with Crippen molar-refractivity contribution in [2.45, 2.75) is 26.3 Å². The van der Waals surface area contributed by atoms with Crippen LogP contribution in [0, 0.1) is 11.7 Å². The van der Waals surface area contributed by atoms with Crippen molar-refractivity contribution in [1.29, 1.82) is 0 Å². The molecule has 0 amide bonds. The van der Waals surface area contributed by atoms with E-state index in [1.807, 2.05) is 19.2 Å². The highest BCUT2D eigenvalue weighted by Crippen LogP contribution is 2.30. The average Bonchev–Trinajstić information content (AvgIpc) is 2.75. The van der Waals surface area contributed by atoms with Crippen LogP contribution < -0.4 is 5.32 Å². The summed E-state index contributed by atoms with van der Waals surface area (Å²) < 4.78 is 19.2. The molecule has 2 aromatic rings. The third kappa shape index (κ3) is 2.20. The summed E-state index contributed by atoms with van der Waals surface area (Å²) in [6.45, 7) is 4.29. The van der Waals surface area contributed by atoms with E-state index >= 15 is 0 Å². The molecule has 92 valence electrons. The van der Waals surface area contributed by atoms with Crippen LogP contribution >= 0.6 is 0 Å². The topological polar surface area (TPSA) is 25.2 Å². The number of nitrogens with one attached hydrogen (secondary N) is 1. The van der Waals surface area contributed by atoms with Gasteiger partial charge in [-0.15, -0.1) is 0 Å². The van der Waals surface area contributed by atoms with E-state index in [-0.39, 0.29) is 11.9 Å². The van der Waals surface area contributed by atoms with E-state index in [2.05, 4.69) is 19.2 Å². The molecular formula is C14H18FNO. The summed E-state index contributed by atoms with van der Waals surface area (Å²) in [7, 11) is 1.90. The van der Waals surface area contributed by atoms with E-state index in [1.165, 1.54) is 6.07 Å².